The summed E-state index contributed by atoms with van der Waals surface area (Å²) in [5.41, 5.74) is 7.74. The van der Waals surface area contributed by atoms with Crippen molar-refractivity contribution in [3.8, 4) is 11.5 Å². The van der Waals surface area contributed by atoms with Gasteiger partial charge in [0.1, 0.15) is 5.75 Å². The van der Waals surface area contributed by atoms with Crippen LogP contribution in [0.25, 0.3) is 10.8 Å². The summed E-state index contributed by atoms with van der Waals surface area (Å²) >= 11 is 5.94. The van der Waals surface area contributed by atoms with E-state index in [9.17, 15) is 0 Å². The molecule has 4 heteroatoms. The first kappa shape index (κ1) is 12.8. The number of nitrogens with zero attached hydrogens (tertiary/aromatic N) is 1. The molecule has 0 saturated heterocycles. The summed E-state index contributed by atoms with van der Waals surface area (Å²) in [5, 5.41) is 2.61. The fourth-order valence-electron chi connectivity index (χ4n) is 2.11. The standard InChI is InChI=1S/C16H13ClN2O/c1-10-8-12(17)3-5-14(10)20-15-4-2-11-9-19-7-6-13(11)16(15)18/h2-9H,18H2,1H3. The highest BCUT2D eigenvalue weighted by atomic mass is 35.5. The molecule has 0 fully saturated rings. The highest BCUT2D eigenvalue weighted by molar-refractivity contribution is 6.30. The van der Waals surface area contributed by atoms with Gasteiger partial charge in [0.15, 0.2) is 5.75 Å². The van der Waals surface area contributed by atoms with E-state index < -0.39 is 0 Å². The third-order valence-corrected chi connectivity index (χ3v) is 3.41. The second-order valence-electron chi connectivity index (χ2n) is 4.59. The Morgan fingerprint density at radius 1 is 1.10 bits per heavy atom. The molecule has 3 aromatic rings. The first-order chi connectivity index (χ1) is 9.65. The highest BCUT2D eigenvalue weighted by Crippen LogP contribution is 2.35. The van der Waals surface area contributed by atoms with Crippen molar-refractivity contribution in [3.05, 3.63) is 59.4 Å². The zero-order valence-corrected chi connectivity index (χ0v) is 11.7. The van der Waals surface area contributed by atoms with Gasteiger partial charge in [0.05, 0.1) is 5.69 Å². The Kier molecular flexibility index (Phi) is 3.20. The monoisotopic (exact) mass is 284 g/mol. The van der Waals surface area contributed by atoms with Crippen LogP contribution in [0.1, 0.15) is 5.56 Å². The molecule has 3 nitrogen and oxygen atoms in total. The lowest BCUT2D eigenvalue weighted by Gasteiger charge is -2.12. The van der Waals surface area contributed by atoms with Crippen LogP contribution in [0, 0.1) is 6.92 Å². The smallest absolute Gasteiger partial charge is 0.150 e. The van der Waals surface area contributed by atoms with Gasteiger partial charge in [0.25, 0.3) is 0 Å². The van der Waals surface area contributed by atoms with Gasteiger partial charge in [-0.15, -0.1) is 0 Å². The Balaban J connectivity index is 2.04. The summed E-state index contributed by atoms with van der Waals surface area (Å²) in [4.78, 5) is 4.08. The molecule has 2 aromatic carbocycles. The second-order valence-corrected chi connectivity index (χ2v) is 5.02. The number of aryl methyl sites for hydroxylation is 1. The average molecular weight is 285 g/mol. The van der Waals surface area contributed by atoms with E-state index in [4.69, 9.17) is 22.1 Å². The van der Waals surface area contributed by atoms with Crippen molar-refractivity contribution in [3.63, 3.8) is 0 Å². The van der Waals surface area contributed by atoms with Gasteiger partial charge in [-0.2, -0.15) is 0 Å². The van der Waals surface area contributed by atoms with Gasteiger partial charge in [0.2, 0.25) is 0 Å². The van der Waals surface area contributed by atoms with E-state index in [1.54, 1.807) is 18.5 Å². The molecule has 0 amide bonds. The van der Waals surface area contributed by atoms with Crippen molar-refractivity contribution >= 4 is 28.1 Å². The molecule has 0 atom stereocenters. The van der Waals surface area contributed by atoms with Crippen LogP contribution in [0.15, 0.2) is 48.8 Å². The van der Waals surface area contributed by atoms with Gasteiger partial charge in [0, 0.05) is 28.2 Å². The van der Waals surface area contributed by atoms with E-state index in [-0.39, 0.29) is 0 Å². The van der Waals surface area contributed by atoms with Crippen LogP contribution in [0.5, 0.6) is 11.5 Å². The maximum absolute atomic E-state index is 6.17. The molecular formula is C16H13ClN2O. The maximum Gasteiger partial charge on any atom is 0.150 e. The van der Waals surface area contributed by atoms with Gasteiger partial charge < -0.3 is 10.5 Å². The van der Waals surface area contributed by atoms with E-state index in [1.165, 1.54) is 0 Å². The van der Waals surface area contributed by atoms with Gasteiger partial charge in [-0.05, 0) is 48.9 Å². The van der Waals surface area contributed by atoms with Crippen molar-refractivity contribution in [2.75, 3.05) is 5.73 Å². The molecule has 0 spiro atoms. The fourth-order valence-corrected chi connectivity index (χ4v) is 2.33. The molecular weight excluding hydrogens is 272 g/mol. The molecule has 1 aromatic heterocycles. The first-order valence-electron chi connectivity index (χ1n) is 6.21. The number of anilines is 1. The molecule has 0 aliphatic heterocycles. The molecule has 0 unspecified atom stereocenters. The predicted octanol–water partition coefficient (Wildman–Crippen LogP) is 4.57. The van der Waals surface area contributed by atoms with Gasteiger partial charge in [-0.25, -0.2) is 0 Å². The number of fused-ring (bicyclic) bond motifs is 1. The lowest BCUT2D eigenvalue weighted by Crippen LogP contribution is -1.95. The molecule has 1 heterocycles. The summed E-state index contributed by atoms with van der Waals surface area (Å²) in [5.74, 6) is 1.38. The van der Waals surface area contributed by atoms with E-state index in [0.29, 0.717) is 16.5 Å². The molecule has 100 valence electrons. The van der Waals surface area contributed by atoms with Gasteiger partial charge in [-0.1, -0.05) is 11.6 Å². The Labute approximate surface area is 122 Å². The maximum atomic E-state index is 6.17. The van der Waals surface area contributed by atoms with Crippen molar-refractivity contribution in [2.45, 2.75) is 6.92 Å². The van der Waals surface area contributed by atoms with Crippen LogP contribution < -0.4 is 10.5 Å². The lowest BCUT2D eigenvalue weighted by atomic mass is 10.1. The zero-order valence-electron chi connectivity index (χ0n) is 10.9. The summed E-state index contributed by atoms with van der Waals surface area (Å²) in [6, 6.07) is 11.2. The van der Waals surface area contributed by atoms with Crippen molar-refractivity contribution in [1.82, 2.24) is 4.98 Å². The van der Waals surface area contributed by atoms with Crippen LogP contribution in [-0.4, -0.2) is 4.98 Å². The molecule has 20 heavy (non-hydrogen) atoms. The van der Waals surface area contributed by atoms with Gasteiger partial charge >= 0.3 is 0 Å². The molecule has 0 radical (unpaired) electrons. The summed E-state index contributed by atoms with van der Waals surface area (Å²) in [7, 11) is 0. The van der Waals surface area contributed by atoms with Crippen LogP contribution in [0.4, 0.5) is 5.69 Å². The Hall–Kier alpha value is -2.26. The van der Waals surface area contributed by atoms with Crippen LogP contribution in [0.2, 0.25) is 5.02 Å². The molecule has 0 bridgehead atoms. The quantitative estimate of drug-likeness (QED) is 0.701. The third kappa shape index (κ3) is 2.28. The topological polar surface area (TPSA) is 48.1 Å². The summed E-state index contributed by atoms with van der Waals surface area (Å²) in [6.45, 7) is 1.95. The van der Waals surface area contributed by atoms with Crippen LogP contribution in [-0.2, 0) is 0 Å². The van der Waals surface area contributed by atoms with Gasteiger partial charge in [-0.3, -0.25) is 4.98 Å². The average Bonchev–Trinajstić information content (AvgIpc) is 2.45. The molecule has 0 saturated carbocycles. The van der Waals surface area contributed by atoms with E-state index in [0.717, 1.165) is 22.1 Å². The van der Waals surface area contributed by atoms with E-state index in [1.807, 2.05) is 37.3 Å². The lowest BCUT2D eigenvalue weighted by molar-refractivity contribution is 0.482. The number of hydrogen-bond acceptors (Lipinski definition) is 3. The summed E-state index contributed by atoms with van der Waals surface area (Å²) in [6.07, 6.45) is 3.50. The molecule has 0 aliphatic rings. The summed E-state index contributed by atoms with van der Waals surface area (Å²) < 4.78 is 5.90. The molecule has 0 aliphatic carbocycles. The minimum Gasteiger partial charge on any atom is -0.455 e. The highest BCUT2D eigenvalue weighted by Gasteiger charge is 2.08. The molecule has 3 rings (SSSR count). The van der Waals surface area contributed by atoms with E-state index >= 15 is 0 Å². The SMILES string of the molecule is Cc1cc(Cl)ccc1Oc1ccc2cnccc2c1N. The number of benzene rings is 2. The Morgan fingerprint density at radius 3 is 2.70 bits per heavy atom. The number of ether oxygens (including phenoxy) is 1. The number of rotatable bonds is 2. The number of halogens is 1. The zero-order chi connectivity index (χ0) is 14.1. The number of nitrogens with two attached hydrogens (primary N) is 1. The Morgan fingerprint density at radius 2 is 1.90 bits per heavy atom. The minimum atomic E-state index is 0.610. The minimum absolute atomic E-state index is 0.610. The normalized spacial score (nSPS) is 10.7. The predicted molar refractivity (Wildman–Crippen MR) is 82.4 cm³/mol. The van der Waals surface area contributed by atoms with Crippen LogP contribution in [0.3, 0.4) is 0 Å². The van der Waals surface area contributed by atoms with Crippen molar-refractivity contribution in [2.24, 2.45) is 0 Å². The van der Waals surface area contributed by atoms with Crippen molar-refractivity contribution in [1.29, 1.82) is 0 Å². The number of nitrogen functional groups attached to an aromatic ring is 1. The number of hydrogen-bond donors (Lipinski definition) is 1. The molecule has 2 N–H and O–H groups in total. The van der Waals surface area contributed by atoms with Crippen LogP contribution >= 0.6 is 11.6 Å². The Bertz CT molecular complexity index is 787. The number of pyridine rings is 1. The fraction of sp³-hybridized carbons (Fsp3) is 0.0625. The number of aromatic nitrogens is 1. The van der Waals surface area contributed by atoms with Crippen molar-refractivity contribution < 1.29 is 4.74 Å². The largest absolute Gasteiger partial charge is 0.455 e. The third-order valence-electron chi connectivity index (χ3n) is 3.18. The first-order valence-corrected chi connectivity index (χ1v) is 6.59. The van der Waals surface area contributed by atoms with E-state index in [2.05, 4.69) is 4.98 Å². The second kappa shape index (κ2) is 5.02.